The molecule has 3 rings (SSSR count). The first-order valence-electron chi connectivity index (χ1n) is 13.4. The molecule has 33 heavy (non-hydrogen) atoms. The summed E-state index contributed by atoms with van der Waals surface area (Å²) in [5.41, 5.74) is 4.73. The van der Waals surface area contributed by atoms with Crippen LogP contribution in [0.2, 0.25) is 0 Å². The number of hydrogen-bond acceptors (Lipinski definition) is 3. The highest BCUT2D eigenvalue weighted by atomic mass is 16.3. The number of unbranched alkanes of at least 4 members (excludes halogenated alkanes) is 11. The molecule has 4 nitrogen and oxygen atoms in total. The number of aromatic nitrogens is 3. The van der Waals surface area contributed by atoms with Gasteiger partial charge in [0.2, 0.25) is 0 Å². The van der Waals surface area contributed by atoms with Crippen LogP contribution in [0.3, 0.4) is 0 Å². The van der Waals surface area contributed by atoms with Crippen LogP contribution < -0.4 is 0 Å². The van der Waals surface area contributed by atoms with E-state index < -0.39 is 0 Å². The Balaban J connectivity index is 1.61. The Morgan fingerprint density at radius 2 is 1.18 bits per heavy atom. The lowest BCUT2D eigenvalue weighted by molar-refractivity contribution is 0.458. The Morgan fingerprint density at radius 3 is 1.79 bits per heavy atom. The van der Waals surface area contributed by atoms with E-state index in [1.54, 1.807) is 4.80 Å². The van der Waals surface area contributed by atoms with Crippen molar-refractivity contribution in [2.24, 2.45) is 0 Å². The number of benzene rings is 2. The lowest BCUT2D eigenvalue weighted by Gasteiger charge is -2.13. The summed E-state index contributed by atoms with van der Waals surface area (Å²) in [5.74, 6) is 0.338. The molecule has 3 aromatic rings. The van der Waals surface area contributed by atoms with E-state index in [0.717, 1.165) is 35.9 Å². The summed E-state index contributed by atoms with van der Waals surface area (Å²) in [4.78, 5) is 1.62. The van der Waals surface area contributed by atoms with E-state index in [9.17, 15) is 5.11 Å². The van der Waals surface area contributed by atoms with Crippen LogP contribution in [-0.4, -0.2) is 20.1 Å². The van der Waals surface area contributed by atoms with Crippen molar-refractivity contribution < 1.29 is 5.11 Å². The van der Waals surface area contributed by atoms with E-state index in [1.807, 2.05) is 24.3 Å². The highest BCUT2D eigenvalue weighted by Gasteiger charge is 2.14. The zero-order valence-corrected chi connectivity index (χ0v) is 20.9. The van der Waals surface area contributed by atoms with Gasteiger partial charge in [-0.05, 0) is 55.0 Å². The van der Waals surface area contributed by atoms with Gasteiger partial charge in [0.1, 0.15) is 22.5 Å². The van der Waals surface area contributed by atoms with Crippen molar-refractivity contribution in [2.75, 3.05) is 0 Å². The highest BCUT2D eigenvalue weighted by Crippen LogP contribution is 2.30. The molecule has 0 aliphatic carbocycles. The zero-order chi connectivity index (χ0) is 23.3. The molecule has 4 heteroatoms. The molecule has 0 atom stereocenters. The summed E-state index contributed by atoms with van der Waals surface area (Å²) < 4.78 is 0. The van der Waals surface area contributed by atoms with E-state index in [0.29, 0.717) is 11.4 Å². The zero-order valence-electron chi connectivity index (χ0n) is 20.9. The third-order valence-electron chi connectivity index (χ3n) is 6.60. The molecule has 1 heterocycles. The minimum absolute atomic E-state index is 0.338. The predicted molar refractivity (Wildman–Crippen MR) is 139 cm³/mol. The van der Waals surface area contributed by atoms with Crippen LogP contribution in [-0.2, 0) is 12.8 Å². The van der Waals surface area contributed by atoms with E-state index in [2.05, 4.69) is 36.2 Å². The fraction of sp³-hybridized carbons (Fsp3) is 0.586. The van der Waals surface area contributed by atoms with Gasteiger partial charge >= 0.3 is 0 Å². The molecule has 0 saturated carbocycles. The molecule has 1 aromatic heterocycles. The second-order valence-corrected chi connectivity index (χ2v) is 9.49. The first-order valence-corrected chi connectivity index (χ1v) is 13.4. The van der Waals surface area contributed by atoms with Crippen molar-refractivity contribution >= 4 is 11.0 Å². The number of nitrogens with zero attached hydrogens (tertiary/aromatic N) is 3. The Bertz CT molecular complexity index is 930. The van der Waals surface area contributed by atoms with Crippen LogP contribution in [0, 0.1) is 0 Å². The van der Waals surface area contributed by atoms with Gasteiger partial charge in [0, 0.05) is 0 Å². The Hall–Kier alpha value is -2.36. The average Bonchev–Trinajstić information content (AvgIpc) is 3.26. The monoisotopic (exact) mass is 449 g/mol. The van der Waals surface area contributed by atoms with E-state index in [4.69, 9.17) is 0 Å². The average molecular weight is 450 g/mol. The van der Waals surface area contributed by atoms with Crippen molar-refractivity contribution in [2.45, 2.75) is 110 Å². The van der Waals surface area contributed by atoms with Crippen LogP contribution in [0.4, 0.5) is 0 Å². The summed E-state index contributed by atoms with van der Waals surface area (Å²) >= 11 is 0. The van der Waals surface area contributed by atoms with Gasteiger partial charge in [-0.2, -0.15) is 0 Å². The Morgan fingerprint density at radius 1 is 0.667 bits per heavy atom. The molecule has 180 valence electrons. The molecule has 2 aromatic carbocycles. The third kappa shape index (κ3) is 7.87. The molecular weight excluding hydrogens is 406 g/mol. The maximum Gasteiger partial charge on any atom is 0.146 e. The lowest BCUT2D eigenvalue weighted by Crippen LogP contribution is -2.03. The topological polar surface area (TPSA) is 50.9 Å². The minimum Gasteiger partial charge on any atom is -0.505 e. The summed E-state index contributed by atoms with van der Waals surface area (Å²) in [6, 6.07) is 12.2. The van der Waals surface area contributed by atoms with Gasteiger partial charge < -0.3 is 5.11 Å². The number of fused-ring (bicyclic) bond motifs is 1. The summed E-state index contributed by atoms with van der Waals surface area (Å²) in [7, 11) is 0. The fourth-order valence-corrected chi connectivity index (χ4v) is 4.58. The fourth-order valence-electron chi connectivity index (χ4n) is 4.58. The van der Waals surface area contributed by atoms with Crippen molar-refractivity contribution in [3.63, 3.8) is 0 Å². The molecule has 0 fully saturated rings. The van der Waals surface area contributed by atoms with Crippen molar-refractivity contribution in [1.29, 1.82) is 0 Å². The van der Waals surface area contributed by atoms with Crippen LogP contribution in [0.25, 0.3) is 16.7 Å². The van der Waals surface area contributed by atoms with Crippen LogP contribution in [0.15, 0.2) is 36.4 Å². The largest absolute Gasteiger partial charge is 0.505 e. The standard InChI is InChI=1S/C29H43N3O/c1-3-5-7-8-9-10-11-12-13-15-19-25-22-24(18-14-6-4-2)23-28(29(25)33)32-30-26-20-16-17-21-27(26)31-32/h16-17,20-23,33H,3-15,18-19H2,1-2H3. The van der Waals surface area contributed by atoms with Crippen molar-refractivity contribution in [3.05, 3.63) is 47.5 Å². The van der Waals surface area contributed by atoms with Crippen LogP contribution in [0.1, 0.15) is 108 Å². The number of aromatic hydroxyl groups is 1. The van der Waals surface area contributed by atoms with E-state index in [-0.39, 0.29) is 0 Å². The molecular formula is C29H43N3O. The van der Waals surface area contributed by atoms with Crippen molar-refractivity contribution in [1.82, 2.24) is 15.0 Å². The highest BCUT2D eigenvalue weighted by molar-refractivity contribution is 5.73. The first-order chi connectivity index (χ1) is 16.2. The van der Waals surface area contributed by atoms with Gasteiger partial charge in [-0.1, -0.05) is 103 Å². The Labute approximate surface area is 200 Å². The van der Waals surface area contributed by atoms with Gasteiger partial charge in [0.25, 0.3) is 0 Å². The quantitative estimate of drug-likeness (QED) is 0.224. The summed E-state index contributed by atoms with van der Waals surface area (Å²) in [6.45, 7) is 4.51. The smallest absolute Gasteiger partial charge is 0.146 e. The van der Waals surface area contributed by atoms with Gasteiger partial charge in [-0.3, -0.25) is 0 Å². The second kappa shape index (κ2) is 14.0. The van der Waals surface area contributed by atoms with E-state index in [1.165, 1.54) is 82.6 Å². The Kier molecular flexibility index (Phi) is 10.7. The summed E-state index contributed by atoms with van der Waals surface area (Å²) in [5, 5.41) is 20.4. The minimum atomic E-state index is 0.338. The number of hydrogen-bond donors (Lipinski definition) is 1. The number of phenols is 1. The molecule has 0 saturated heterocycles. The lowest BCUT2D eigenvalue weighted by atomic mass is 9.98. The molecule has 0 aliphatic rings. The molecule has 0 amide bonds. The van der Waals surface area contributed by atoms with Gasteiger partial charge in [-0.15, -0.1) is 15.0 Å². The first kappa shape index (κ1) is 25.3. The molecule has 0 radical (unpaired) electrons. The molecule has 0 aliphatic heterocycles. The molecule has 0 unspecified atom stereocenters. The summed E-state index contributed by atoms with van der Waals surface area (Å²) in [6.07, 6.45) is 18.8. The van der Waals surface area contributed by atoms with Crippen molar-refractivity contribution in [3.8, 4) is 11.4 Å². The van der Waals surface area contributed by atoms with Gasteiger partial charge in [0.05, 0.1) is 0 Å². The SMILES string of the molecule is CCCCCCCCCCCCc1cc(CCCCC)cc(-n2nc3ccccc3n2)c1O. The molecule has 0 bridgehead atoms. The molecule has 1 N–H and O–H groups in total. The van der Waals surface area contributed by atoms with Gasteiger partial charge in [0.15, 0.2) is 0 Å². The molecule has 0 spiro atoms. The van der Waals surface area contributed by atoms with Crippen LogP contribution in [0.5, 0.6) is 5.75 Å². The number of aryl methyl sites for hydroxylation is 2. The maximum absolute atomic E-state index is 11.1. The predicted octanol–water partition coefficient (Wildman–Crippen LogP) is 8.32. The van der Waals surface area contributed by atoms with Crippen LogP contribution >= 0.6 is 0 Å². The van der Waals surface area contributed by atoms with Gasteiger partial charge in [-0.25, -0.2) is 0 Å². The number of rotatable bonds is 16. The normalized spacial score (nSPS) is 11.5. The maximum atomic E-state index is 11.1. The second-order valence-electron chi connectivity index (χ2n) is 9.49. The third-order valence-corrected chi connectivity index (χ3v) is 6.60. The number of phenolic OH excluding ortho intramolecular Hbond substituents is 1. The van der Waals surface area contributed by atoms with E-state index >= 15 is 0 Å².